The van der Waals surface area contributed by atoms with Gasteiger partial charge in [-0.3, -0.25) is 0 Å². The molecule has 0 bridgehead atoms. The van der Waals surface area contributed by atoms with Crippen molar-refractivity contribution in [3.05, 3.63) is 24.1 Å². The summed E-state index contributed by atoms with van der Waals surface area (Å²) < 4.78 is 7.52. The van der Waals surface area contributed by atoms with Crippen LogP contribution in [-0.4, -0.2) is 9.67 Å². The molecule has 1 aliphatic rings. The molecule has 0 saturated heterocycles. The molecule has 0 atom stereocenters. The molecule has 3 heteroatoms. The van der Waals surface area contributed by atoms with Crippen LogP contribution < -0.4 is 0 Å². The number of furan rings is 1. The van der Waals surface area contributed by atoms with Gasteiger partial charge >= 0.3 is 0 Å². The second-order valence-electron chi connectivity index (χ2n) is 4.03. The van der Waals surface area contributed by atoms with Crippen molar-refractivity contribution >= 4 is 11.1 Å². The van der Waals surface area contributed by atoms with Crippen molar-refractivity contribution in [2.75, 3.05) is 0 Å². The Morgan fingerprint density at radius 2 is 2.36 bits per heavy atom. The van der Waals surface area contributed by atoms with Gasteiger partial charge < -0.3 is 14.1 Å². The summed E-state index contributed by atoms with van der Waals surface area (Å²) in [4.78, 5) is 0. The molecule has 0 aromatic carbocycles. The highest BCUT2D eigenvalue weighted by molar-refractivity contribution is 5.76. The molecular weight excluding hydrogens is 178 g/mol. The van der Waals surface area contributed by atoms with Crippen LogP contribution in [0.15, 0.2) is 22.8 Å². The number of hydrogen-bond donors (Lipinski definition) is 1. The second-order valence-corrected chi connectivity index (χ2v) is 4.03. The smallest absolute Gasteiger partial charge is 0.206 e. The van der Waals surface area contributed by atoms with Gasteiger partial charge in [0.2, 0.25) is 5.71 Å². The average Bonchev–Trinajstić information content (AvgIpc) is 2.77. The largest absolute Gasteiger partial charge is 0.448 e. The zero-order valence-electron chi connectivity index (χ0n) is 7.94. The van der Waals surface area contributed by atoms with Crippen LogP contribution in [-0.2, 0) is 13.2 Å². The summed E-state index contributed by atoms with van der Waals surface area (Å²) in [5.41, 5.74) is 1.87. The number of rotatable bonds is 3. The Hall–Kier alpha value is -1.22. The molecule has 0 radical (unpaired) electrons. The van der Waals surface area contributed by atoms with Crippen LogP contribution in [0.4, 0.5) is 0 Å². The molecule has 74 valence electrons. The summed E-state index contributed by atoms with van der Waals surface area (Å²) in [6, 6.07) is 3.94. The number of aliphatic hydroxyl groups excluding tert-OH is 1. The minimum atomic E-state index is 0.0942. The maximum Gasteiger partial charge on any atom is 0.206 e. The highest BCUT2D eigenvalue weighted by Gasteiger charge is 2.24. The van der Waals surface area contributed by atoms with Crippen molar-refractivity contribution in [1.29, 1.82) is 0 Å². The maximum atomic E-state index is 9.21. The van der Waals surface area contributed by atoms with Crippen LogP contribution in [0.25, 0.3) is 11.1 Å². The van der Waals surface area contributed by atoms with Gasteiger partial charge in [0.1, 0.15) is 0 Å². The first kappa shape index (κ1) is 8.12. The van der Waals surface area contributed by atoms with Crippen LogP contribution in [0.1, 0.15) is 18.5 Å². The number of hydrogen-bond acceptors (Lipinski definition) is 2. The second kappa shape index (κ2) is 2.89. The third-order valence-electron chi connectivity index (χ3n) is 2.89. The summed E-state index contributed by atoms with van der Waals surface area (Å²) in [5.74, 6) is 0.793. The third kappa shape index (κ3) is 1.16. The number of aromatic nitrogens is 1. The first-order valence-electron chi connectivity index (χ1n) is 5.05. The molecule has 2 heterocycles. The first-order valence-corrected chi connectivity index (χ1v) is 5.05. The Morgan fingerprint density at radius 3 is 3.07 bits per heavy atom. The lowest BCUT2D eigenvalue weighted by Gasteiger charge is -2.05. The van der Waals surface area contributed by atoms with Crippen molar-refractivity contribution in [3.8, 4) is 0 Å². The molecule has 0 aliphatic heterocycles. The van der Waals surface area contributed by atoms with Gasteiger partial charge in [0, 0.05) is 17.6 Å². The fourth-order valence-corrected chi connectivity index (χ4v) is 1.92. The lowest BCUT2D eigenvalue weighted by Crippen LogP contribution is -2.03. The summed E-state index contributed by atoms with van der Waals surface area (Å²) in [6.07, 6.45) is 4.33. The average molecular weight is 191 g/mol. The molecular formula is C11H13NO2. The number of aliphatic hydroxyl groups is 1. The van der Waals surface area contributed by atoms with Crippen LogP contribution in [0.5, 0.6) is 0 Å². The Kier molecular flexibility index (Phi) is 1.67. The Balaban J connectivity index is 2.09. The minimum absolute atomic E-state index is 0.0942. The van der Waals surface area contributed by atoms with Crippen LogP contribution in [0.2, 0.25) is 0 Å². The van der Waals surface area contributed by atoms with Crippen molar-refractivity contribution in [2.45, 2.75) is 26.0 Å². The standard InChI is InChI=1S/C11H13NO2/c13-7-10-5-9-3-4-14-11(9)12(10)6-8-1-2-8/h3-5,8,13H,1-2,6-7H2. The zero-order valence-corrected chi connectivity index (χ0v) is 7.94. The van der Waals surface area contributed by atoms with Gasteiger partial charge in [-0.2, -0.15) is 0 Å². The lowest BCUT2D eigenvalue weighted by atomic mass is 10.3. The third-order valence-corrected chi connectivity index (χ3v) is 2.89. The van der Waals surface area contributed by atoms with Gasteiger partial charge in [-0.25, -0.2) is 0 Å². The topological polar surface area (TPSA) is 38.3 Å². The van der Waals surface area contributed by atoms with Crippen LogP contribution >= 0.6 is 0 Å². The van der Waals surface area contributed by atoms with Crippen molar-refractivity contribution in [2.24, 2.45) is 5.92 Å². The molecule has 0 unspecified atom stereocenters. The zero-order chi connectivity index (χ0) is 9.54. The van der Waals surface area contributed by atoms with Gasteiger partial charge in [-0.1, -0.05) is 0 Å². The number of nitrogens with zero attached hydrogens (tertiary/aromatic N) is 1. The van der Waals surface area contributed by atoms with E-state index in [9.17, 15) is 5.11 Å². The van der Waals surface area contributed by atoms with Crippen LogP contribution in [0, 0.1) is 5.92 Å². The van der Waals surface area contributed by atoms with Crippen molar-refractivity contribution in [3.63, 3.8) is 0 Å². The highest BCUT2D eigenvalue weighted by atomic mass is 16.3. The summed E-state index contributed by atoms with van der Waals surface area (Å²) in [7, 11) is 0. The van der Waals surface area contributed by atoms with E-state index in [-0.39, 0.29) is 6.61 Å². The van der Waals surface area contributed by atoms with E-state index in [0.29, 0.717) is 0 Å². The van der Waals surface area contributed by atoms with E-state index in [1.54, 1.807) is 6.26 Å². The first-order chi connectivity index (χ1) is 6.88. The minimum Gasteiger partial charge on any atom is -0.448 e. The predicted molar refractivity (Wildman–Crippen MR) is 52.9 cm³/mol. The summed E-state index contributed by atoms with van der Waals surface area (Å²) in [6.45, 7) is 1.09. The van der Waals surface area contributed by atoms with Gasteiger partial charge in [0.25, 0.3) is 0 Å². The van der Waals surface area contributed by atoms with E-state index in [1.165, 1.54) is 12.8 Å². The molecule has 3 nitrogen and oxygen atoms in total. The molecule has 2 aromatic rings. The molecule has 14 heavy (non-hydrogen) atoms. The van der Waals surface area contributed by atoms with Gasteiger partial charge in [-0.05, 0) is 30.9 Å². The Morgan fingerprint density at radius 1 is 1.50 bits per heavy atom. The van der Waals surface area contributed by atoms with Crippen molar-refractivity contribution in [1.82, 2.24) is 4.57 Å². The molecule has 3 rings (SSSR count). The van der Waals surface area contributed by atoms with E-state index in [2.05, 4.69) is 4.57 Å². The normalized spacial score (nSPS) is 16.6. The molecule has 0 spiro atoms. The van der Waals surface area contributed by atoms with E-state index in [0.717, 1.165) is 29.3 Å². The summed E-state index contributed by atoms with van der Waals surface area (Å²) in [5, 5.41) is 10.3. The fraction of sp³-hybridized carbons (Fsp3) is 0.455. The molecule has 2 aromatic heterocycles. The Bertz CT molecular complexity index is 451. The number of fused-ring (bicyclic) bond motifs is 1. The van der Waals surface area contributed by atoms with E-state index in [1.807, 2.05) is 12.1 Å². The molecule has 1 fully saturated rings. The highest BCUT2D eigenvalue weighted by Crippen LogP contribution is 2.33. The monoisotopic (exact) mass is 191 g/mol. The molecule has 1 N–H and O–H groups in total. The lowest BCUT2D eigenvalue weighted by molar-refractivity contribution is 0.269. The SMILES string of the molecule is OCc1cc2ccoc2n1CC1CC1. The summed E-state index contributed by atoms with van der Waals surface area (Å²) >= 11 is 0. The van der Waals surface area contributed by atoms with Gasteiger partial charge in [0.05, 0.1) is 12.9 Å². The molecule has 1 aliphatic carbocycles. The van der Waals surface area contributed by atoms with Crippen LogP contribution in [0.3, 0.4) is 0 Å². The van der Waals surface area contributed by atoms with Gasteiger partial charge in [-0.15, -0.1) is 0 Å². The molecule has 1 saturated carbocycles. The predicted octanol–water partition coefficient (Wildman–Crippen LogP) is 2.14. The fourth-order valence-electron chi connectivity index (χ4n) is 1.92. The maximum absolute atomic E-state index is 9.21. The van der Waals surface area contributed by atoms with E-state index in [4.69, 9.17) is 4.42 Å². The van der Waals surface area contributed by atoms with E-state index >= 15 is 0 Å². The van der Waals surface area contributed by atoms with E-state index < -0.39 is 0 Å². The molecule has 0 amide bonds. The van der Waals surface area contributed by atoms with Crippen molar-refractivity contribution < 1.29 is 9.52 Å². The quantitative estimate of drug-likeness (QED) is 0.807. The Labute approximate surface area is 81.9 Å². The van der Waals surface area contributed by atoms with Gasteiger partial charge in [0.15, 0.2) is 0 Å².